The van der Waals surface area contributed by atoms with Gasteiger partial charge in [-0.15, -0.1) is 0 Å². The second-order valence-electron chi connectivity index (χ2n) is 6.61. The average Bonchev–Trinajstić information content (AvgIpc) is 3.17. The fourth-order valence-corrected chi connectivity index (χ4v) is 3.39. The van der Waals surface area contributed by atoms with Crippen LogP contribution in [0.25, 0.3) is 16.7 Å². The van der Waals surface area contributed by atoms with Gasteiger partial charge in [-0.25, -0.2) is 4.68 Å². The quantitative estimate of drug-likeness (QED) is 0.672. The summed E-state index contributed by atoms with van der Waals surface area (Å²) < 4.78 is 40.4. The van der Waals surface area contributed by atoms with Crippen LogP contribution >= 0.6 is 11.6 Å². The molecule has 0 bridgehead atoms. The fourth-order valence-electron chi connectivity index (χ4n) is 3.23. The lowest BCUT2D eigenvalue weighted by Crippen LogP contribution is -2.22. The van der Waals surface area contributed by atoms with Crippen molar-refractivity contribution in [3.05, 3.63) is 41.3 Å². The molecule has 1 fully saturated rings. The van der Waals surface area contributed by atoms with E-state index in [0.717, 1.165) is 12.1 Å². The summed E-state index contributed by atoms with van der Waals surface area (Å²) in [6.45, 7) is 2.90. The number of fused-ring (bicyclic) bond motifs is 1. The Labute approximate surface area is 157 Å². The molecule has 27 heavy (non-hydrogen) atoms. The molecule has 0 unspecified atom stereocenters. The average molecular weight is 398 g/mol. The monoisotopic (exact) mass is 397 g/mol. The van der Waals surface area contributed by atoms with Crippen LogP contribution in [0, 0.1) is 5.92 Å². The molecule has 2 atom stereocenters. The number of aliphatic hydroxyl groups excluding tert-OH is 1. The summed E-state index contributed by atoms with van der Waals surface area (Å²) in [6.07, 6.45) is -3.46. The van der Waals surface area contributed by atoms with Crippen molar-refractivity contribution in [2.75, 3.05) is 18.0 Å². The van der Waals surface area contributed by atoms with E-state index in [1.807, 2.05) is 11.8 Å². The molecule has 1 N–H and O–H groups in total. The van der Waals surface area contributed by atoms with Gasteiger partial charge in [0.2, 0.25) is 5.28 Å². The van der Waals surface area contributed by atoms with Crippen molar-refractivity contribution >= 4 is 28.5 Å². The molecule has 1 saturated heterocycles. The van der Waals surface area contributed by atoms with Gasteiger partial charge in [-0.1, -0.05) is 13.0 Å². The first-order chi connectivity index (χ1) is 12.7. The summed E-state index contributed by atoms with van der Waals surface area (Å²) in [5, 5.41) is 14.7. The maximum absolute atomic E-state index is 13.0. The molecule has 4 rings (SSSR count). The Hall–Kier alpha value is -2.39. The minimum Gasteiger partial charge on any atom is -0.391 e. The lowest BCUT2D eigenvalue weighted by Gasteiger charge is -2.17. The number of aliphatic hydroxyl groups is 1. The zero-order chi connectivity index (χ0) is 19.3. The molecular weight excluding hydrogens is 383 g/mol. The number of aromatic nitrogens is 4. The number of alkyl halides is 3. The Kier molecular flexibility index (Phi) is 4.23. The highest BCUT2D eigenvalue weighted by Crippen LogP contribution is 2.33. The highest BCUT2D eigenvalue weighted by Gasteiger charge is 2.32. The van der Waals surface area contributed by atoms with E-state index in [2.05, 4.69) is 15.1 Å². The van der Waals surface area contributed by atoms with Crippen molar-refractivity contribution in [1.82, 2.24) is 19.7 Å². The summed E-state index contributed by atoms with van der Waals surface area (Å²) in [4.78, 5) is 10.3. The smallest absolute Gasteiger partial charge is 0.391 e. The lowest BCUT2D eigenvalue weighted by atomic mass is 10.1. The van der Waals surface area contributed by atoms with Gasteiger partial charge >= 0.3 is 6.18 Å². The number of halogens is 4. The van der Waals surface area contributed by atoms with Crippen LogP contribution in [0.1, 0.15) is 12.5 Å². The second-order valence-corrected chi connectivity index (χ2v) is 6.95. The third-order valence-corrected chi connectivity index (χ3v) is 4.84. The zero-order valence-electron chi connectivity index (χ0n) is 14.2. The van der Waals surface area contributed by atoms with E-state index in [1.165, 1.54) is 23.0 Å². The van der Waals surface area contributed by atoms with Crippen LogP contribution in [0.15, 0.2) is 30.5 Å². The first-order valence-corrected chi connectivity index (χ1v) is 8.64. The predicted octanol–water partition coefficient (Wildman–Crippen LogP) is 3.30. The van der Waals surface area contributed by atoms with Crippen molar-refractivity contribution in [3.63, 3.8) is 0 Å². The minimum absolute atomic E-state index is 0.0414. The molecule has 0 aliphatic carbocycles. The zero-order valence-corrected chi connectivity index (χ0v) is 14.9. The van der Waals surface area contributed by atoms with E-state index in [-0.39, 0.29) is 16.9 Å². The number of rotatable bonds is 2. The van der Waals surface area contributed by atoms with Gasteiger partial charge in [0, 0.05) is 19.0 Å². The van der Waals surface area contributed by atoms with Crippen LogP contribution in [0.4, 0.5) is 19.0 Å². The molecule has 3 heterocycles. The maximum atomic E-state index is 13.0. The molecule has 0 spiro atoms. The van der Waals surface area contributed by atoms with Gasteiger partial charge in [-0.2, -0.15) is 28.2 Å². The van der Waals surface area contributed by atoms with Crippen molar-refractivity contribution in [2.24, 2.45) is 5.92 Å². The van der Waals surface area contributed by atoms with Crippen molar-refractivity contribution in [3.8, 4) is 5.69 Å². The summed E-state index contributed by atoms with van der Waals surface area (Å²) in [5.74, 6) is 0.568. The number of hydrogen-bond acceptors (Lipinski definition) is 5. The number of β-amino-alcohol motifs (C(OH)–C–C–N with tert-alkyl or cyclic N) is 1. The Bertz CT molecular complexity index is 996. The number of benzene rings is 1. The third kappa shape index (κ3) is 3.21. The van der Waals surface area contributed by atoms with Gasteiger partial charge in [0.15, 0.2) is 5.65 Å². The lowest BCUT2D eigenvalue weighted by molar-refractivity contribution is -0.137. The molecule has 0 radical (unpaired) electrons. The molecule has 6 nitrogen and oxygen atoms in total. The summed E-state index contributed by atoms with van der Waals surface area (Å²) >= 11 is 6.06. The molecule has 1 aliphatic heterocycles. The Morgan fingerprint density at radius 2 is 2.00 bits per heavy atom. The van der Waals surface area contributed by atoms with Crippen LogP contribution in [0.5, 0.6) is 0 Å². The molecule has 3 aromatic rings. The normalized spacial score (nSPS) is 20.6. The Morgan fingerprint density at radius 1 is 1.22 bits per heavy atom. The van der Waals surface area contributed by atoms with E-state index in [0.29, 0.717) is 29.9 Å². The van der Waals surface area contributed by atoms with Crippen molar-refractivity contribution < 1.29 is 18.3 Å². The fraction of sp³-hybridized carbons (Fsp3) is 0.353. The predicted molar refractivity (Wildman–Crippen MR) is 94.1 cm³/mol. The van der Waals surface area contributed by atoms with Crippen LogP contribution in [-0.4, -0.2) is 44.0 Å². The number of anilines is 1. The highest BCUT2D eigenvalue weighted by atomic mass is 35.5. The molecule has 1 aliphatic rings. The SMILES string of the molecule is C[C@H]1CN(c2nc(Cl)nc3c2cnn3-c2cccc(C(F)(F)F)c2)C[C@@H]1O. The molecule has 10 heteroatoms. The number of nitrogens with zero attached hydrogens (tertiary/aromatic N) is 5. The van der Waals surface area contributed by atoms with E-state index < -0.39 is 17.8 Å². The van der Waals surface area contributed by atoms with E-state index in [9.17, 15) is 18.3 Å². The first kappa shape index (κ1) is 18.0. The summed E-state index contributed by atoms with van der Waals surface area (Å²) in [5.41, 5.74) is -0.255. The van der Waals surface area contributed by atoms with E-state index in [4.69, 9.17) is 11.6 Å². The molecule has 142 valence electrons. The Balaban J connectivity index is 1.83. The minimum atomic E-state index is -4.46. The largest absolute Gasteiger partial charge is 0.416 e. The summed E-state index contributed by atoms with van der Waals surface area (Å²) in [7, 11) is 0. The first-order valence-electron chi connectivity index (χ1n) is 8.26. The van der Waals surface area contributed by atoms with Crippen LogP contribution < -0.4 is 4.90 Å². The Morgan fingerprint density at radius 3 is 2.67 bits per heavy atom. The van der Waals surface area contributed by atoms with Gasteiger partial charge in [0.25, 0.3) is 0 Å². The maximum Gasteiger partial charge on any atom is 0.416 e. The van der Waals surface area contributed by atoms with Crippen LogP contribution in [0.3, 0.4) is 0 Å². The van der Waals surface area contributed by atoms with Gasteiger partial charge < -0.3 is 10.0 Å². The van der Waals surface area contributed by atoms with Crippen molar-refractivity contribution in [1.29, 1.82) is 0 Å². The third-order valence-electron chi connectivity index (χ3n) is 4.67. The standard InChI is InChI=1S/C17H15ClF3N5O/c1-9-7-25(8-13(9)27)14-12-6-22-26(15(12)24-16(18)23-14)11-4-2-3-10(5-11)17(19,20)21/h2-6,9,13,27H,7-8H2,1H3/t9-,13-/m0/s1. The topological polar surface area (TPSA) is 67.1 Å². The summed E-state index contributed by atoms with van der Waals surface area (Å²) in [6, 6.07) is 4.83. The second kappa shape index (κ2) is 6.35. The molecular formula is C17H15ClF3N5O. The van der Waals surface area contributed by atoms with Crippen LogP contribution in [0.2, 0.25) is 5.28 Å². The molecule has 1 aromatic carbocycles. The molecule has 2 aromatic heterocycles. The van der Waals surface area contributed by atoms with Gasteiger partial charge in [0.05, 0.1) is 28.9 Å². The van der Waals surface area contributed by atoms with E-state index >= 15 is 0 Å². The molecule has 0 amide bonds. The van der Waals surface area contributed by atoms with Crippen LogP contribution in [-0.2, 0) is 6.18 Å². The van der Waals surface area contributed by atoms with Gasteiger partial charge in [0.1, 0.15) is 5.82 Å². The van der Waals surface area contributed by atoms with Crippen molar-refractivity contribution in [2.45, 2.75) is 19.2 Å². The number of hydrogen-bond donors (Lipinski definition) is 1. The highest BCUT2D eigenvalue weighted by molar-refractivity contribution is 6.28. The van der Waals surface area contributed by atoms with Gasteiger partial charge in [-0.05, 0) is 29.8 Å². The van der Waals surface area contributed by atoms with Gasteiger partial charge in [-0.3, -0.25) is 0 Å². The van der Waals surface area contributed by atoms with E-state index in [1.54, 1.807) is 0 Å². The molecule has 0 saturated carbocycles.